The molecule has 0 aliphatic carbocycles. The molecule has 0 spiro atoms. The molecule has 2 amide bonds. The van der Waals surface area contributed by atoms with E-state index in [4.69, 9.17) is 9.47 Å². The normalized spacial score (nSPS) is 11.3. The Labute approximate surface area is 276 Å². The number of anilines is 3. The second-order valence-electron chi connectivity index (χ2n) is 11.3. The van der Waals surface area contributed by atoms with E-state index >= 15 is 0 Å². The van der Waals surface area contributed by atoms with Crippen molar-refractivity contribution in [1.82, 2.24) is 5.32 Å². The van der Waals surface area contributed by atoms with E-state index in [0.29, 0.717) is 18.9 Å². The maximum absolute atomic E-state index is 12.9. The number of rotatable bonds is 19. The third-order valence-corrected chi connectivity index (χ3v) is 7.43. The Bertz CT molecular complexity index is 1540. The summed E-state index contributed by atoms with van der Waals surface area (Å²) in [7, 11) is 0. The first kappa shape index (κ1) is 34.7. The van der Waals surface area contributed by atoms with Crippen LogP contribution in [0.2, 0.25) is 0 Å². The zero-order valence-electron chi connectivity index (χ0n) is 26.7. The first-order valence-corrected chi connectivity index (χ1v) is 16.0. The molecule has 0 unspecified atom stereocenters. The van der Waals surface area contributed by atoms with Crippen LogP contribution in [-0.4, -0.2) is 42.1 Å². The van der Waals surface area contributed by atoms with E-state index in [2.05, 4.69) is 22.9 Å². The number of aliphatic carboxylic acids is 1. The van der Waals surface area contributed by atoms with Gasteiger partial charge >= 0.3 is 5.97 Å². The number of benzene rings is 4. The molecule has 0 bridgehead atoms. The molecular weight excluding hydrogens is 594 g/mol. The largest absolute Gasteiger partial charge is 0.494 e. The van der Waals surface area contributed by atoms with Crippen LogP contribution in [0.15, 0.2) is 103 Å². The molecule has 0 fully saturated rings. The third kappa shape index (κ3) is 12.3. The van der Waals surface area contributed by atoms with Crippen molar-refractivity contribution in [3.8, 4) is 5.75 Å². The predicted octanol–water partition coefficient (Wildman–Crippen LogP) is 7.36. The fourth-order valence-corrected chi connectivity index (χ4v) is 4.84. The fourth-order valence-electron chi connectivity index (χ4n) is 4.84. The van der Waals surface area contributed by atoms with Gasteiger partial charge in [0.2, 0.25) is 5.91 Å². The Morgan fingerprint density at radius 2 is 1.36 bits per heavy atom. The van der Waals surface area contributed by atoms with Crippen LogP contribution < -0.4 is 20.7 Å². The molecule has 47 heavy (non-hydrogen) atoms. The van der Waals surface area contributed by atoms with Gasteiger partial charge in [-0.3, -0.25) is 9.59 Å². The van der Waals surface area contributed by atoms with Gasteiger partial charge in [-0.15, -0.1) is 0 Å². The maximum atomic E-state index is 12.9. The van der Waals surface area contributed by atoms with Gasteiger partial charge in [-0.2, -0.15) is 0 Å². The Morgan fingerprint density at radius 3 is 2.02 bits per heavy atom. The highest BCUT2D eigenvalue weighted by atomic mass is 16.5. The lowest BCUT2D eigenvalue weighted by Crippen LogP contribution is -2.42. The second kappa shape index (κ2) is 18.7. The minimum Gasteiger partial charge on any atom is -0.494 e. The van der Waals surface area contributed by atoms with Crippen LogP contribution >= 0.6 is 0 Å². The van der Waals surface area contributed by atoms with Crippen LogP contribution in [0.25, 0.3) is 0 Å². The van der Waals surface area contributed by atoms with Gasteiger partial charge in [0, 0.05) is 29.0 Å². The van der Waals surface area contributed by atoms with Gasteiger partial charge in [0.25, 0.3) is 5.91 Å². The van der Waals surface area contributed by atoms with E-state index < -0.39 is 17.9 Å². The highest BCUT2D eigenvalue weighted by Gasteiger charge is 2.21. The molecule has 9 heteroatoms. The number of carbonyl (C=O) groups excluding carboxylic acids is 2. The Balaban J connectivity index is 1.21. The minimum atomic E-state index is -1.14. The van der Waals surface area contributed by atoms with Crippen molar-refractivity contribution < 1.29 is 29.0 Å². The lowest BCUT2D eigenvalue weighted by Gasteiger charge is -2.15. The van der Waals surface area contributed by atoms with Crippen LogP contribution in [0.3, 0.4) is 0 Å². The van der Waals surface area contributed by atoms with Crippen molar-refractivity contribution in [3.63, 3.8) is 0 Å². The first-order valence-electron chi connectivity index (χ1n) is 16.0. The molecule has 0 heterocycles. The number of nitrogens with one attached hydrogen (secondary N) is 3. The SMILES string of the molecule is CCCCCCCOc1ccc(Nc2ccc(C[C@H](NC(=O)c3ccc(NC(=O)COCc4ccccc4)cc3)C(=O)O)cc2)cc1. The van der Waals surface area contributed by atoms with Gasteiger partial charge < -0.3 is 30.5 Å². The van der Waals surface area contributed by atoms with Gasteiger partial charge in [-0.1, -0.05) is 75.1 Å². The zero-order chi connectivity index (χ0) is 33.3. The summed E-state index contributed by atoms with van der Waals surface area (Å²) in [5, 5.41) is 18.5. The van der Waals surface area contributed by atoms with Crippen molar-refractivity contribution in [2.45, 2.75) is 58.1 Å². The lowest BCUT2D eigenvalue weighted by atomic mass is 10.0. The quantitative estimate of drug-likeness (QED) is 0.0792. The summed E-state index contributed by atoms with van der Waals surface area (Å²) in [6, 6.07) is 29.9. The molecule has 4 N–H and O–H groups in total. The maximum Gasteiger partial charge on any atom is 0.326 e. The molecule has 0 aliphatic rings. The number of amides is 2. The van der Waals surface area contributed by atoms with Crippen molar-refractivity contribution in [2.24, 2.45) is 0 Å². The Hall–Kier alpha value is -5.15. The molecule has 4 aromatic carbocycles. The minimum absolute atomic E-state index is 0.114. The number of carboxylic acids is 1. The molecular formula is C38H43N3O6. The van der Waals surface area contributed by atoms with Crippen molar-refractivity contribution in [3.05, 3.63) is 120 Å². The van der Waals surface area contributed by atoms with Gasteiger partial charge in [0.05, 0.1) is 13.2 Å². The highest BCUT2D eigenvalue weighted by Crippen LogP contribution is 2.21. The van der Waals surface area contributed by atoms with Crippen LogP contribution in [-0.2, 0) is 27.4 Å². The van der Waals surface area contributed by atoms with Crippen molar-refractivity contribution in [2.75, 3.05) is 23.8 Å². The topological polar surface area (TPSA) is 126 Å². The summed E-state index contributed by atoms with van der Waals surface area (Å²) >= 11 is 0. The standard InChI is InChI=1S/C38H43N3O6/c1-2-3-4-5-9-24-47-34-22-20-32(21-23-34)39-31-16-12-28(13-17-31)25-35(38(44)45)41-37(43)30-14-18-33(19-15-30)40-36(42)27-46-26-29-10-7-6-8-11-29/h6-8,10-23,35,39H,2-5,9,24-27H2,1H3,(H,40,42)(H,41,43)(H,44,45)/t35-/m0/s1. The molecule has 1 atom stereocenters. The number of carbonyl (C=O) groups is 3. The van der Waals surface area contributed by atoms with Gasteiger partial charge in [-0.25, -0.2) is 4.79 Å². The van der Waals surface area contributed by atoms with Crippen molar-refractivity contribution in [1.29, 1.82) is 0 Å². The summed E-state index contributed by atoms with van der Waals surface area (Å²) in [6.45, 7) is 3.13. The monoisotopic (exact) mass is 637 g/mol. The van der Waals surface area contributed by atoms with Gasteiger partial charge in [0.15, 0.2) is 0 Å². The van der Waals surface area contributed by atoms with Crippen LogP contribution in [0.1, 0.15) is 60.5 Å². The smallest absolute Gasteiger partial charge is 0.326 e. The number of hydrogen-bond acceptors (Lipinski definition) is 6. The number of carboxylic acid groups (broad SMARTS) is 1. The summed E-state index contributed by atoms with van der Waals surface area (Å²) in [4.78, 5) is 37.1. The third-order valence-electron chi connectivity index (χ3n) is 7.43. The zero-order valence-corrected chi connectivity index (χ0v) is 26.7. The molecule has 0 saturated carbocycles. The lowest BCUT2D eigenvalue weighted by molar-refractivity contribution is -0.139. The summed E-state index contributed by atoms with van der Waals surface area (Å²) < 4.78 is 11.3. The number of hydrogen-bond donors (Lipinski definition) is 4. The molecule has 4 rings (SSSR count). The fraction of sp³-hybridized carbons (Fsp3) is 0.289. The molecule has 9 nitrogen and oxygen atoms in total. The van der Waals surface area contributed by atoms with Gasteiger partial charge in [-0.05, 0) is 78.2 Å². The van der Waals surface area contributed by atoms with E-state index in [0.717, 1.165) is 34.7 Å². The molecule has 0 saturated heterocycles. The number of ether oxygens (including phenoxy) is 2. The average molecular weight is 638 g/mol. The molecule has 0 aliphatic heterocycles. The van der Waals surface area contributed by atoms with E-state index in [9.17, 15) is 19.5 Å². The summed E-state index contributed by atoms with van der Waals surface area (Å²) in [5.41, 5.74) is 4.26. The molecule has 0 radical (unpaired) electrons. The van der Waals surface area contributed by atoms with Crippen LogP contribution in [0.4, 0.5) is 17.1 Å². The average Bonchev–Trinajstić information content (AvgIpc) is 3.08. The highest BCUT2D eigenvalue weighted by molar-refractivity contribution is 5.97. The molecule has 4 aromatic rings. The molecule has 0 aromatic heterocycles. The number of unbranched alkanes of at least 4 members (excludes halogenated alkanes) is 4. The van der Waals surface area contributed by atoms with Crippen LogP contribution in [0, 0.1) is 0 Å². The van der Waals surface area contributed by atoms with E-state index in [1.54, 1.807) is 12.1 Å². The second-order valence-corrected chi connectivity index (χ2v) is 11.3. The Kier molecular flexibility index (Phi) is 13.8. The first-order chi connectivity index (χ1) is 22.9. The predicted molar refractivity (Wildman–Crippen MR) is 184 cm³/mol. The van der Waals surface area contributed by atoms with E-state index in [-0.39, 0.29) is 24.5 Å². The van der Waals surface area contributed by atoms with Gasteiger partial charge in [0.1, 0.15) is 18.4 Å². The van der Waals surface area contributed by atoms with E-state index in [1.165, 1.54) is 37.8 Å². The molecule has 246 valence electrons. The van der Waals surface area contributed by atoms with Crippen LogP contribution in [0.5, 0.6) is 5.75 Å². The van der Waals surface area contributed by atoms with E-state index in [1.807, 2.05) is 78.9 Å². The summed E-state index contributed by atoms with van der Waals surface area (Å²) in [5.74, 6) is -1.14. The Morgan fingerprint density at radius 1 is 0.723 bits per heavy atom. The van der Waals surface area contributed by atoms with Crippen molar-refractivity contribution >= 4 is 34.8 Å². The summed E-state index contributed by atoms with van der Waals surface area (Å²) in [6.07, 6.45) is 6.10.